The number of rotatable bonds is 3. The maximum absolute atomic E-state index is 14.9. The van der Waals surface area contributed by atoms with E-state index < -0.39 is 0 Å². The van der Waals surface area contributed by atoms with E-state index >= 15 is 0 Å². The molecule has 0 aliphatic rings. The summed E-state index contributed by atoms with van der Waals surface area (Å²) < 4.78 is 29.7. The van der Waals surface area contributed by atoms with Crippen molar-refractivity contribution < 1.29 is 30.3 Å². The molecule has 0 saturated heterocycles. The molecule has 0 N–H and O–H groups in total. The Hall–Kier alpha value is -4.44. The van der Waals surface area contributed by atoms with Crippen molar-refractivity contribution in [2.75, 3.05) is 0 Å². The summed E-state index contributed by atoms with van der Waals surface area (Å²) in [5.41, 5.74) is 9.27. The molecule has 48 heavy (non-hydrogen) atoms. The predicted octanol–water partition coefficient (Wildman–Crippen LogP) is 11.7. The molecule has 0 amide bonds. The van der Waals surface area contributed by atoms with Crippen molar-refractivity contribution in [3.63, 3.8) is 0 Å². The molecule has 0 saturated carbocycles. The van der Waals surface area contributed by atoms with Gasteiger partial charge in [0.15, 0.2) is 0 Å². The summed E-state index contributed by atoms with van der Waals surface area (Å²) in [4.78, 5) is 8.99. The van der Waals surface area contributed by atoms with Gasteiger partial charge >= 0.3 is 0 Å². The standard InChI is InChI=1S/C27H21FNO.C16H18N.Ir/c1-27(2,3)18-14-15-29-23(16-18)21-11-7-10-19-20-12-13-22(28)24(26(20)30-25(19)21)17-8-5-4-6-9-17;1-12-8-9-15(17-11-12)13-6-5-7-14(10-13)16(2,3)4;/h4-10,12-16H,1-3H3;5,7-11H,1-4H3;/q2*-1;/i10D;;. The Morgan fingerprint density at radius 1 is 0.729 bits per heavy atom. The van der Waals surface area contributed by atoms with Crippen molar-refractivity contribution in [3.8, 4) is 33.6 Å². The zero-order valence-electron chi connectivity index (χ0n) is 29.3. The second kappa shape index (κ2) is 14.0. The van der Waals surface area contributed by atoms with Gasteiger partial charge in [0.25, 0.3) is 0 Å². The molecule has 0 aliphatic carbocycles. The molecule has 0 aliphatic heterocycles. The van der Waals surface area contributed by atoms with Crippen LogP contribution in [0.4, 0.5) is 4.39 Å². The molecule has 7 aromatic rings. The van der Waals surface area contributed by atoms with Crippen LogP contribution in [0.3, 0.4) is 0 Å². The second-order valence-corrected chi connectivity index (χ2v) is 13.9. The molecule has 4 aromatic carbocycles. The van der Waals surface area contributed by atoms with Crippen molar-refractivity contribution in [2.24, 2.45) is 0 Å². The van der Waals surface area contributed by atoms with Gasteiger partial charge in [-0.05, 0) is 65.4 Å². The number of benzene rings is 4. The molecular formula is C43H39FIrN2O-2. The summed E-state index contributed by atoms with van der Waals surface area (Å²) in [6.45, 7) is 15.1. The summed E-state index contributed by atoms with van der Waals surface area (Å²) in [7, 11) is 0. The Balaban J connectivity index is 0.000000221. The van der Waals surface area contributed by atoms with Crippen molar-refractivity contribution in [3.05, 3.63) is 144 Å². The number of pyridine rings is 2. The van der Waals surface area contributed by atoms with Crippen molar-refractivity contribution in [1.29, 1.82) is 0 Å². The van der Waals surface area contributed by atoms with E-state index in [0.29, 0.717) is 33.1 Å². The van der Waals surface area contributed by atoms with Gasteiger partial charge in [0.05, 0.1) is 11.1 Å². The molecule has 1 radical (unpaired) electrons. The van der Waals surface area contributed by atoms with Crippen LogP contribution in [-0.2, 0) is 30.9 Å². The first kappa shape index (κ1) is 33.5. The number of aromatic nitrogens is 2. The first-order valence-corrected chi connectivity index (χ1v) is 15.8. The number of furan rings is 1. The topological polar surface area (TPSA) is 38.9 Å². The molecule has 0 fully saturated rings. The molecular weight excluding hydrogens is 772 g/mol. The smallest absolute Gasteiger partial charge is 0.134 e. The Labute approximate surface area is 298 Å². The van der Waals surface area contributed by atoms with Gasteiger partial charge in [0.2, 0.25) is 0 Å². The third kappa shape index (κ3) is 7.33. The number of fused-ring (bicyclic) bond motifs is 3. The minimum Gasteiger partial charge on any atom is -0.500 e. The van der Waals surface area contributed by atoms with E-state index in [-0.39, 0.29) is 42.8 Å². The van der Waals surface area contributed by atoms with Gasteiger partial charge in [0, 0.05) is 37.9 Å². The molecule has 0 atom stereocenters. The van der Waals surface area contributed by atoms with Crippen LogP contribution < -0.4 is 0 Å². The maximum atomic E-state index is 14.9. The Morgan fingerprint density at radius 2 is 1.46 bits per heavy atom. The van der Waals surface area contributed by atoms with Crippen LogP contribution in [0.5, 0.6) is 0 Å². The number of halogens is 1. The molecule has 5 heteroatoms. The summed E-state index contributed by atoms with van der Waals surface area (Å²) in [5.74, 6) is -0.359. The van der Waals surface area contributed by atoms with Crippen LogP contribution >= 0.6 is 0 Å². The van der Waals surface area contributed by atoms with E-state index in [9.17, 15) is 4.39 Å². The quantitative estimate of drug-likeness (QED) is 0.167. The fourth-order valence-corrected chi connectivity index (χ4v) is 5.51. The van der Waals surface area contributed by atoms with Gasteiger partial charge < -0.3 is 14.4 Å². The fourth-order valence-electron chi connectivity index (χ4n) is 5.51. The molecule has 3 nitrogen and oxygen atoms in total. The third-order valence-corrected chi connectivity index (χ3v) is 8.27. The maximum Gasteiger partial charge on any atom is 0.134 e. The number of hydrogen-bond acceptors (Lipinski definition) is 3. The van der Waals surface area contributed by atoms with E-state index in [1.165, 1.54) is 17.2 Å². The van der Waals surface area contributed by atoms with Gasteiger partial charge in [0.1, 0.15) is 11.4 Å². The summed E-state index contributed by atoms with van der Waals surface area (Å²) >= 11 is 0. The van der Waals surface area contributed by atoms with Crippen LogP contribution in [0.1, 0.15) is 59.6 Å². The summed E-state index contributed by atoms with van der Waals surface area (Å²) in [5, 5.41) is 1.35. The molecule has 0 spiro atoms. The van der Waals surface area contributed by atoms with E-state index in [4.69, 9.17) is 5.79 Å². The average molecular weight is 812 g/mol. The summed E-state index contributed by atoms with van der Waals surface area (Å²) in [6.07, 6.45) is 3.68. The number of hydrogen-bond donors (Lipinski definition) is 0. The molecule has 3 aromatic heterocycles. The van der Waals surface area contributed by atoms with Crippen LogP contribution in [0, 0.1) is 24.9 Å². The first-order chi connectivity index (χ1) is 22.8. The van der Waals surface area contributed by atoms with E-state index in [2.05, 4.69) is 81.8 Å². The van der Waals surface area contributed by atoms with Gasteiger partial charge in [-0.1, -0.05) is 101 Å². The van der Waals surface area contributed by atoms with Crippen LogP contribution in [0.15, 0.2) is 114 Å². The molecule has 0 bridgehead atoms. The van der Waals surface area contributed by atoms with E-state index in [0.717, 1.165) is 28.1 Å². The molecule has 245 valence electrons. The van der Waals surface area contributed by atoms with Gasteiger partial charge in [-0.3, -0.25) is 0 Å². The largest absolute Gasteiger partial charge is 0.500 e. The molecule has 7 rings (SSSR count). The van der Waals surface area contributed by atoms with Gasteiger partial charge in [-0.25, -0.2) is 4.39 Å². The van der Waals surface area contributed by atoms with Crippen LogP contribution in [-0.4, -0.2) is 9.97 Å². The van der Waals surface area contributed by atoms with Gasteiger partial charge in [-0.15, -0.1) is 53.6 Å². The van der Waals surface area contributed by atoms with Crippen molar-refractivity contribution in [2.45, 2.75) is 59.3 Å². The minimum atomic E-state index is -0.359. The van der Waals surface area contributed by atoms with Gasteiger partial charge in [-0.2, -0.15) is 0 Å². The third-order valence-electron chi connectivity index (χ3n) is 8.27. The van der Waals surface area contributed by atoms with Crippen LogP contribution in [0.2, 0.25) is 0 Å². The monoisotopic (exact) mass is 812 g/mol. The molecule has 0 unspecified atom stereocenters. The minimum absolute atomic E-state index is 0. The Bertz CT molecular complexity index is 2230. The zero-order chi connectivity index (χ0) is 34.2. The number of aryl methyl sites for hydroxylation is 1. The fraction of sp³-hybridized carbons (Fsp3) is 0.209. The average Bonchev–Trinajstić information content (AvgIpc) is 3.45. The SMILES string of the molecule is Cc1ccc(-c2[c-]ccc(C(C)(C)C)c2)nc1.[2H]c1c[c-]c(-c2cc(C(C)(C)C)ccn2)c2oc3c(-c4ccccc4)c(F)ccc3c12.[Ir]. The Kier molecular flexibility index (Phi) is 9.73. The normalized spacial score (nSPS) is 11.9. The van der Waals surface area contributed by atoms with Crippen molar-refractivity contribution in [1.82, 2.24) is 9.97 Å². The first-order valence-electron chi connectivity index (χ1n) is 16.3. The number of nitrogens with zero attached hydrogens (tertiary/aromatic N) is 2. The van der Waals surface area contributed by atoms with E-state index in [1.807, 2.05) is 67.7 Å². The van der Waals surface area contributed by atoms with Crippen molar-refractivity contribution >= 4 is 21.9 Å². The molecule has 3 heterocycles. The Morgan fingerprint density at radius 3 is 2.15 bits per heavy atom. The zero-order valence-corrected chi connectivity index (χ0v) is 30.7. The predicted molar refractivity (Wildman–Crippen MR) is 192 cm³/mol. The summed E-state index contributed by atoms with van der Waals surface area (Å²) in [6, 6.07) is 35.3. The second-order valence-electron chi connectivity index (χ2n) is 13.9. The van der Waals surface area contributed by atoms with E-state index in [1.54, 1.807) is 18.3 Å². The van der Waals surface area contributed by atoms with Crippen LogP contribution in [0.25, 0.3) is 55.6 Å².